The molecule has 0 aromatic carbocycles. The maximum atomic E-state index is 5.67. The predicted molar refractivity (Wildman–Crippen MR) is 63.6 cm³/mol. The van der Waals surface area contributed by atoms with E-state index in [9.17, 15) is 0 Å². The van der Waals surface area contributed by atoms with Gasteiger partial charge in [-0.3, -0.25) is 0 Å². The molecule has 0 atom stereocenters. The van der Waals surface area contributed by atoms with Gasteiger partial charge in [0.15, 0.2) is 5.82 Å². The minimum atomic E-state index is 0.537. The third-order valence-corrected chi connectivity index (χ3v) is 3.53. The Labute approximate surface area is 101 Å². The van der Waals surface area contributed by atoms with Crippen molar-refractivity contribution in [3.63, 3.8) is 0 Å². The van der Waals surface area contributed by atoms with Gasteiger partial charge in [0.05, 0.1) is 6.04 Å². The summed E-state index contributed by atoms with van der Waals surface area (Å²) in [5.74, 6) is 1.77. The zero-order valence-corrected chi connectivity index (χ0v) is 10.4. The molecule has 1 aliphatic carbocycles. The van der Waals surface area contributed by atoms with Crippen LogP contribution in [0.2, 0.25) is 0 Å². The van der Waals surface area contributed by atoms with Crippen molar-refractivity contribution in [1.82, 2.24) is 20.2 Å². The number of aromatic nitrogens is 4. The molecule has 0 radical (unpaired) electrons. The van der Waals surface area contributed by atoms with Crippen LogP contribution >= 0.6 is 11.6 Å². The first-order chi connectivity index (χ1) is 7.92. The Morgan fingerprint density at radius 3 is 2.75 bits per heavy atom. The van der Waals surface area contributed by atoms with E-state index in [1.54, 1.807) is 0 Å². The molecule has 1 heterocycles. The summed E-state index contributed by atoms with van der Waals surface area (Å²) in [6.45, 7) is 0. The molecular formula is C11H19ClN4. The lowest BCUT2D eigenvalue weighted by Crippen LogP contribution is -2.17. The van der Waals surface area contributed by atoms with Crippen molar-refractivity contribution in [3.05, 3.63) is 5.82 Å². The van der Waals surface area contributed by atoms with Crippen molar-refractivity contribution in [2.45, 2.75) is 57.4 Å². The van der Waals surface area contributed by atoms with Crippen LogP contribution in [0.4, 0.5) is 0 Å². The maximum absolute atomic E-state index is 5.67. The summed E-state index contributed by atoms with van der Waals surface area (Å²) >= 11 is 5.67. The molecule has 1 aromatic rings. The molecule has 16 heavy (non-hydrogen) atoms. The van der Waals surface area contributed by atoms with Crippen LogP contribution in [-0.4, -0.2) is 26.1 Å². The number of hydrogen-bond acceptors (Lipinski definition) is 3. The van der Waals surface area contributed by atoms with Crippen LogP contribution in [0.25, 0.3) is 0 Å². The zero-order chi connectivity index (χ0) is 11.2. The fourth-order valence-corrected chi connectivity index (χ4v) is 2.55. The van der Waals surface area contributed by atoms with Gasteiger partial charge in [0.2, 0.25) is 0 Å². The second kappa shape index (κ2) is 6.18. The Morgan fingerprint density at radius 1 is 1.19 bits per heavy atom. The number of tetrazole rings is 1. The van der Waals surface area contributed by atoms with Crippen molar-refractivity contribution in [2.24, 2.45) is 0 Å². The third-order valence-electron chi connectivity index (χ3n) is 3.27. The van der Waals surface area contributed by atoms with E-state index in [2.05, 4.69) is 15.5 Å². The molecule has 0 spiro atoms. The lowest BCUT2D eigenvalue weighted by atomic mass is 9.95. The van der Waals surface area contributed by atoms with Crippen LogP contribution in [0.1, 0.15) is 56.8 Å². The van der Waals surface area contributed by atoms with Gasteiger partial charge in [-0.05, 0) is 36.1 Å². The largest absolute Gasteiger partial charge is 0.227 e. The minimum Gasteiger partial charge on any atom is -0.227 e. The van der Waals surface area contributed by atoms with Gasteiger partial charge < -0.3 is 0 Å². The van der Waals surface area contributed by atoms with Crippen LogP contribution in [0.3, 0.4) is 0 Å². The monoisotopic (exact) mass is 242 g/mol. The summed E-state index contributed by atoms with van der Waals surface area (Å²) in [5.41, 5.74) is 0. The van der Waals surface area contributed by atoms with Crippen molar-refractivity contribution >= 4 is 11.6 Å². The second-order valence-electron chi connectivity index (χ2n) is 4.48. The summed E-state index contributed by atoms with van der Waals surface area (Å²) in [7, 11) is 0. The highest BCUT2D eigenvalue weighted by Gasteiger charge is 2.19. The van der Waals surface area contributed by atoms with Gasteiger partial charge in [-0.15, -0.1) is 16.7 Å². The summed E-state index contributed by atoms with van der Waals surface area (Å²) in [5, 5.41) is 12.1. The van der Waals surface area contributed by atoms with Crippen LogP contribution < -0.4 is 0 Å². The van der Waals surface area contributed by atoms with Gasteiger partial charge in [-0.25, -0.2) is 4.68 Å². The van der Waals surface area contributed by atoms with Gasteiger partial charge in [-0.1, -0.05) is 19.3 Å². The van der Waals surface area contributed by atoms with Gasteiger partial charge >= 0.3 is 0 Å². The van der Waals surface area contributed by atoms with E-state index in [0.29, 0.717) is 6.04 Å². The molecule has 1 aliphatic rings. The summed E-state index contributed by atoms with van der Waals surface area (Å²) in [6.07, 6.45) is 9.52. The van der Waals surface area contributed by atoms with E-state index in [-0.39, 0.29) is 0 Å². The molecule has 90 valence electrons. The Morgan fingerprint density at radius 2 is 2.00 bits per heavy atom. The molecule has 0 saturated heterocycles. The lowest BCUT2D eigenvalue weighted by molar-refractivity contribution is 0.316. The van der Waals surface area contributed by atoms with E-state index >= 15 is 0 Å². The van der Waals surface area contributed by atoms with Crippen molar-refractivity contribution in [1.29, 1.82) is 0 Å². The molecule has 1 fully saturated rings. The third kappa shape index (κ3) is 2.94. The Balaban J connectivity index is 1.94. The number of hydrogen-bond donors (Lipinski definition) is 0. The topological polar surface area (TPSA) is 43.6 Å². The predicted octanol–water partition coefficient (Wildman–Crippen LogP) is 2.74. The minimum absolute atomic E-state index is 0.537. The Bertz CT molecular complexity index is 307. The van der Waals surface area contributed by atoms with Gasteiger partial charge in [0, 0.05) is 12.3 Å². The number of rotatable bonds is 5. The normalized spacial score (nSPS) is 17.8. The van der Waals surface area contributed by atoms with Crippen LogP contribution in [-0.2, 0) is 6.42 Å². The second-order valence-corrected chi connectivity index (χ2v) is 4.86. The molecule has 1 aromatic heterocycles. The first-order valence-corrected chi connectivity index (χ1v) is 6.78. The molecule has 4 nitrogen and oxygen atoms in total. The Hall–Kier alpha value is -0.640. The van der Waals surface area contributed by atoms with E-state index in [1.807, 2.05) is 4.68 Å². The van der Waals surface area contributed by atoms with Crippen LogP contribution in [0.15, 0.2) is 0 Å². The average molecular weight is 243 g/mol. The van der Waals surface area contributed by atoms with Crippen molar-refractivity contribution in [3.8, 4) is 0 Å². The van der Waals surface area contributed by atoms with Gasteiger partial charge in [0.1, 0.15) is 0 Å². The molecule has 0 N–H and O–H groups in total. The van der Waals surface area contributed by atoms with Crippen LogP contribution in [0.5, 0.6) is 0 Å². The summed E-state index contributed by atoms with van der Waals surface area (Å²) in [4.78, 5) is 0. The van der Waals surface area contributed by atoms with Crippen LogP contribution in [0, 0.1) is 0 Å². The highest BCUT2D eigenvalue weighted by molar-refractivity contribution is 6.17. The number of nitrogens with zero attached hydrogens (tertiary/aromatic N) is 4. The molecule has 0 aliphatic heterocycles. The van der Waals surface area contributed by atoms with E-state index in [4.69, 9.17) is 11.6 Å². The molecule has 2 rings (SSSR count). The highest BCUT2D eigenvalue weighted by Crippen LogP contribution is 2.27. The SMILES string of the molecule is ClCCCCc1nnnn1C1CCCCC1. The molecule has 1 saturated carbocycles. The first kappa shape index (κ1) is 11.8. The van der Waals surface area contributed by atoms with Gasteiger partial charge in [0.25, 0.3) is 0 Å². The number of unbranched alkanes of at least 4 members (excludes halogenated alkanes) is 1. The molecule has 0 unspecified atom stereocenters. The smallest absolute Gasteiger partial charge is 0.151 e. The van der Waals surface area contributed by atoms with Crippen molar-refractivity contribution in [2.75, 3.05) is 5.88 Å². The quantitative estimate of drug-likeness (QED) is 0.589. The standard InChI is InChI=1S/C11H19ClN4/c12-9-5-4-8-11-13-14-15-16(11)10-6-2-1-3-7-10/h10H,1-9H2. The molecular weight excluding hydrogens is 224 g/mol. The van der Waals surface area contributed by atoms with E-state index in [0.717, 1.165) is 31.0 Å². The van der Waals surface area contributed by atoms with Gasteiger partial charge in [-0.2, -0.15) is 0 Å². The zero-order valence-electron chi connectivity index (χ0n) is 9.61. The molecule has 0 amide bonds. The highest BCUT2D eigenvalue weighted by atomic mass is 35.5. The Kier molecular flexibility index (Phi) is 4.57. The summed E-state index contributed by atoms with van der Waals surface area (Å²) < 4.78 is 2.05. The van der Waals surface area contributed by atoms with E-state index in [1.165, 1.54) is 32.1 Å². The fraction of sp³-hybridized carbons (Fsp3) is 0.909. The fourth-order valence-electron chi connectivity index (χ4n) is 2.36. The van der Waals surface area contributed by atoms with Crippen molar-refractivity contribution < 1.29 is 0 Å². The molecule has 5 heteroatoms. The van der Waals surface area contributed by atoms with E-state index < -0.39 is 0 Å². The summed E-state index contributed by atoms with van der Waals surface area (Å²) in [6, 6.07) is 0.537. The average Bonchev–Trinajstić information content (AvgIpc) is 2.79. The number of alkyl halides is 1. The lowest BCUT2D eigenvalue weighted by Gasteiger charge is -2.22. The number of halogens is 1. The molecule has 0 bridgehead atoms. The first-order valence-electron chi connectivity index (χ1n) is 6.24. The number of aryl methyl sites for hydroxylation is 1. The maximum Gasteiger partial charge on any atom is 0.151 e.